The summed E-state index contributed by atoms with van der Waals surface area (Å²) in [5, 5.41) is 5.48. The van der Waals surface area contributed by atoms with E-state index < -0.39 is 0 Å². The molecule has 1 aliphatic rings. The lowest BCUT2D eigenvalue weighted by Crippen LogP contribution is -2.33. The number of nitrogens with zero attached hydrogens (tertiary/aromatic N) is 2. The Hall–Kier alpha value is -3.36. The molecule has 1 aliphatic carbocycles. The number of ether oxygens (including phenoxy) is 1. The predicted molar refractivity (Wildman–Crippen MR) is 111 cm³/mol. The average Bonchev–Trinajstić information content (AvgIpc) is 2.79. The fraction of sp³-hybridized carbons (Fsp3) is 0.409. The van der Waals surface area contributed by atoms with Gasteiger partial charge in [-0.2, -0.15) is 0 Å². The van der Waals surface area contributed by atoms with Crippen molar-refractivity contribution >= 4 is 23.6 Å². The number of aromatic nitrogens is 2. The first-order valence-electron chi connectivity index (χ1n) is 10.2. The van der Waals surface area contributed by atoms with Crippen LogP contribution in [-0.4, -0.2) is 41.4 Å². The van der Waals surface area contributed by atoms with Crippen LogP contribution < -0.4 is 10.6 Å². The lowest BCUT2D eigenvalue weighted by atomic mass is 9.82. The Morgan fingerprint density at radius 3 is 2.48 bits per heavy atom. The number of methoxy groups -OCH3 is 1. The SMILES string of the molecule is COC(=O)C1CCC(CNC(=O)c2cc(NC(=O)Cc3ccc(F)cc3)ncn2)CC1. The van der Waals surface area contributed by atoms with Crippen LogP contribution in [0.3, 0.4) is 0 Å². The molecule has 1 aromatic carbocycles. The maximum atomic E-state index is 13.0. The summed E-state index contributed by atoms with van der Waals surface area (Å²) in [6, 6.07) is 7.06. The minimum Gasteiger partial charge on any atom is -0.469 e. The van der Waals surface area contributed by atoms with Crippen LogP contribution in [0.5, 0.6) is 0 Å². The minimum absolute atomic E-state index is 0.0556. The van der Waals surface area contributed by atoms with Gasteiger partial charge in [0.15, 0.2) is 0 Å². The van der Waals surface area contributed by atoms with Crippen molar-refractivity contribution in [2.24, 2.45) is 11.8 Å². The highest BCUT2D eigenvalue weighted by atomic mass is 19.1. The van der Waals surface area contributed by atoms with Gasteiger partial charge in [-0.05, 0) is 49.3 Å². The highest BCUT2D eigenvalue weighted by molar-refractivity contribution is 5.95. The summed E-state index contributed by atoms with van der Waals surface area (Å²) in [6.45, 7) is 0.489. The molecule has 2 N–H and O–H groups in total. The van der Waals surface area contributed by atoms with Gasteiger partial charge in [0.05, 0.1) is 19.4 Å². The topological polar surface area (TPSA) is 110 Å². The molecule has 0 unspecified atom stereocenters. The molecule has 0 spiro atoms. The van der Waals surface area contributed by atoms with E-state index in [1.54, 1.807) is 0 Å². The van der Waals surface area contributed by atoms with Gasteiger partial charge < -0.3 is 15.4 Å². The molecule has 164 valence electrons. The highest BCUT2D eigenvalue weighted by Gasteiger charge is 2.27. The number of amides is 2. The molecule has 1 fully saturated rings. The third-order valence-corrected chi connectivity index (χ3v) is 5.38. The quantitative estimate of drug-likeness (QED) is 0.656. The zero-order chi connectivity index (χ0) is 22.2. The van der Waals surface area contributed by atoms with Crippen LogP contribution in [0.25, 0.3) is 0 Å². The second kappa shape index (κ2) is 10.6. The number of rotatable bonds is 7. The molecular weight excluding hydrogens is 403 g/mol. The van der Waals surface area contributed by atoms with Crippen molar-refractivity contribution in [3.8, 4) is 0 Å². The fourth-order valence-electron chi connectivity index (χ4n) is 3.62. The average molecular weight is 428 g/mol. The molecule has 0 saturated heterocycles. The molecule has 2 aromatic rings. The normalized spacial score (nSPS) is 18.1. The number of anilines is 1. The molecule has 1 heterocycles. The zero-order valence-electron chi connectivity index (χ0n) is 17.3. The second-order valence-corrected chi connectivity index (χ2v) is 7.59. The Kier molecular flexibility index (Phi) is 7.64. The number of carbonyl (C=O) groups excluding carboxylic acids is 3. The summed E-state index contributed by atoms with van der Waals surface area (Å²) in [5.74, 6) is -0.775. The first-order valence-corrected chi connectivity index (χ1v) is 10.2. The standard InChI is InChI=1S/C22H25FN4O4/c1-31-22(30)16-6-2-15(3-7-16)12-24-21(29)18-11-19(26-13-25-18)27-20(28)10-14-4-8-17(23)9-5-14/h4-5,8-9,11,13,15-16H,2-3,6-7,10,12H2,1H3,(H,24,29)(H,25,26,27,28). The molecule has 0 aliphatic heterocycles. The van der Waals surface area contributed by atoms with Gasteiger partial charge in [0, 0.05) is 12.6 Å². The largest absolute Gasteiger partial charge is 0.469 e. The minimum atomic E-state index is -0.368. The number of carbonyl (C=O) groups is 3. The van der Waals surface area contributed by atoms with E-state index in [-0.39, 0.29) is 47.5 Å². The molecule has 0 atom stereocenters. The highest BCUT2D eigenvalue weighted by Crippen LogP contribution is 2.29. The maximum Gasteiger partial charge on any atom is 0.308 e. The number of halogens is 1. The first kappa shape index (κ1) is 22.3. The number of hydrogen-bond donors (Lipinski definition) is 2. The van der Waals surface area contributed by atoms with Crippen LogP contribution in [0.1, 0.15) is 41.7 Å². The molecule has 9 heteroatoms. The second-order valence-electron chi connectivity index (χ2n) is 7.59. The van der Waals surface area contributed by atoms with Crippen LogP contribution in [0, 0.1) is 17.7 Å². The first-order chi connectivity index (χ1) is 14.9. The van der Waals surface area contributed by atoms with Crippen LogP contribution in [0.15, 0.2) is 36.7 Å². The van der Waals surface area contributed by atoms with Gasteiger partial charge in [0.2, 0.25) is 5.91 Å². The van der Waals surface area contributed by atoms with E-state index >= 15 is 0 Å². The molecule has 0 bridgehead atoms. The van der Waals surface area contributed by atoms with Crippen molar-refractivity contribution in [3.63, 3.8) is 0 Å². The number of nitrogens with one attached hydrogen (secondary N) is 2. The van der Waals surface area contributed by atoms with Gasteiger partial charge >= 0.3 is 5.97 Å². The van der Waals surface area contributed by atoms with E-state index in [1.165, 1.54) is 43.8 Å². The van der Waals surface area contributed by atoms with Crippen molar-refractivity contribution in [3.05, 3.63) is 53.7 Å². The Morgan fingerprint density at radius 1 is 1.10 bits per heavy atom. The van der Waals surface area contributed by atoms with E-state index in [0.29, 0.717) is 18.0 Å². The van der Waals surface area contributed by atoms with Crippen LogP contribution >= 0.6 is 0 Å². The number of hydrogen-bond acceptors (Lipinski definition) is 6. The lowest BCUT2D eigenvalue weighted by molar-refractivity contribution is -0.146. The van der Waals surface area contributed by atoms with E-state index in [4.69, 9.17) is 4.74 Å². The van der Waals surface area contributed by atoms with Crippen molar-refractivity contribution in [1.29, 1.82) is 0 Å². The Labute approximate surface area is 179 Å². The summed E-state index contributed by atoms with van der Waals surface area (Å²) in [5.41, 5.74) is 0.808. The van der Waals surface area contributed by atoms with E-state index in [9.17, 15) is 18.8 Å². The Bertz CT molecular complexity index is 927. The van der Waals surface area contributed by atoms with Gasteiger partial charge in [-0.25, -0.2) is 14.4 Å². The van der Waals surface area contributed by atoms with E-state index in [0.717, 1.165) is 25.7 Å². The van der Waals surface area contributed by atoms with Crippen molar-refractivity contribution in [2.75, 3.05) is 19.0 Å². The summed E-state index contributed by atoms with van der Waals surface area (Å²) < 4.78 is 17.8. The maximum absolute atomic E-state index is 13.0. The van der Waals surface area contributed by atoms with E-state index in [2.05, 4.69) is 20.6 Å². The molecular formula is C22H25FN4O4. The summed E-state index contributed by atoms with van der Waals surface area (Å²) >= 11 is 0. The van der Waals surface area contributed by atoms with Crippen LogP contribution in [0.2, 0.25) is 0 Å². The Morgan fingerprint density at radius 2 is 1.81 bits per heavy atom. The zero-order valence-corrected chi connectivity index (χ0v) is 17.3. The third-order valence-electron chi connectivity index (χ3n) is 5.38. The monoisotopic (exact) mass is 428 g/mol. The lowest BCUT2D eigenvalue weighted by Gasteiger charge is -2.26. The van der Waals surface area contributed by atoms with Crippen LogP contribution in [-0.2, 0) is 20.7 Å². The van der Waals surface area contributed by atoms with Crippen LogP contribution in [0.4, 0.5) is 10.2 Å². The Balaban J connectivity index is 1.48. The molecule has 1 saturated carbocycles. The molecule has 3 rings (SSSR count). The number of esters is 1. The number of benzene rings is 1. The van der Waals surface area contributed by atoms with Gasteiger partial charge in [0.1, 0.15) is 23.7 Å². The molecule has 0 radical (unpaired) electrons. The molecule has 2 amide bonds. The van der Waals surface area contributed by atoms with Gasteiger partial charge in [-0.3, -0.25) is 14.4 Å². The summed E-state index contributed by atoms with van der Waals surface area (Å²) in [6.07, 6.45) is 4.46. The van der Waals surface area contributed by atoms with Gasteiger partial charge in [-0.1, -0.05) is 12.1 Å². The molecule has 31 heavy (non-hydrogen) atoms. The van der Waals surface area contributed by atoms with Crippen molar-refractivity contribution in [1.82, 2.24) is 15.3 Å². The van der Waals surface area contributed by atoms with Gasteiger partial charge in [0.25, 0.3) is 5.91 Å². The third kappa shape index (κ3) is 6.56. The van der Waals surface area contributed by atoms with Crippen molar-refractivity contribution in [2.45, 2.75) is 32.1 Å². The van der Waals surface area contributed by atoms with Crippen molar-refractivity contribution < 1.29 is 23.5 Å². The summed E-state index contributed by atoms with van der Waals surface area (Å²) in [4.78, 5) is 44.2. The smallest absolute Gasteiger partial charge is 0.308 e. The predicted octanol–water partition coefficient (Wildman–Crippen LogP) is 2.51. The summed E-state index contributed by atoms with van der Waals surface area (Å²) in [7, 11) is 1.40. The molecule has 8 nitrogen and oxygen atoms in total. The fourth-order valence-corrected chi connectivity index (χ4v) is 3.62. The van der Waals surface area contributed by atoms with E-state index in [1.807, 2.05) is 0 Å². The van der Waals surface area contributed by atoms with Gasteiger partial charge in [-0.15, -0.1) is 0 Å². The molecule has 1 aromatic heterocycles.